The number of halogens is 1. The van der Waals surface area contributed by atoms with E-state index in [2.05, 4.69) is 5.32 Å². The maximum Gasteiger partial charge on any atom is 0.123 e. The van der Waals surface area contributed by atoms with Gasteiger partial charge in [-0.05, 0) is 43.5 Å². The van der Waals surface area contributed by atoms with Crippen LogP contribution in [0.3, 0.4) is 0 Å². The molecule has 0 aromatic heterocycles. The van der Waals surface area contributed by atoms with Gasteiger partial charge in [0, 0.05) is 6.04 Å². The molecule has 76 valence electrons. The van der Waals surface area contributed by atoms with Gasteiger partial charge in [-0.3, -0.25) is 0 Å². The van der Waals surface area contributed by atoms with Crippen LogP contribution < -0.4 is 5.32 Å². The lowest BCUT2D eigenvalue weighted by Crippen LogP contribution is -2.27. The SMILES string of the molecule is CN[C@@H]1CCC[C@@H]1c1ccc(F)cc1. The molecule has 1 aliphatic rings. The number of hydrogen-bond acceptors (Lipinski definition) is 1. The largest absolute Gasteiger partial charge is 0.316 e. The van der Waals surface area contributed by atoms with Gasteiger partial charge in [-0.15, -0.1) is 0 Å². The fraction of sp³-hybridized carbons (Fsp3) is 0.500. The van der Waals surface area contributed by atoms with E-state index in [0.29, 0.717) is 12.0 Å². The summed E-state index contributed by atoms with van der Waals surface area (Å²) < 4.78 is 12.7. The molecule has 0 radical (unpaired) electrons. The Hall–Kier alpha value is -0.890. The molecule has 0 aliphatic heterocycles. The van der Waals surface area contributed by atoms with Crippen molar-refractivity contribution in [2.75, 3.05) is 7.05 Å². The predicted molar refractivity (Wildman–Crippen MR) is 55.8 cm³/mol. The molecule has 2 atom stereocenters. The van der Waals surface area contributed by atoms with Crippen LogP contribution in [-0.4, -0.2) is 13.1 Å². The lowest BCUT2D eigenvalue weighted by atomic mass is 9.94. The highest BCUT2D eigenvalue weighted by Crippen LogP contribution is 2.34. The lowest BCUT2D eigenvalue weighted by Gasteiger charge is -2.19. The standard InChI is InChI=1S/C12H16FN/c1-14-12-4-2-3-11(12)9-5-7-10(13)8-6-9/h5-8,11-12,14H,2-4H2,1H3/t11-,12-/m1/s1. The maximum atomic E-state index is 12.7. The van der Waals surface area contributed by atoms with Crippen LogP contribution >= 0.6 is 0 Å². The molecule has 0 heterocycles. The first kappa shape index (κ1) is 9.66. The number of hydrogen-bond donors (Lipinski definition) is 1. The molecule has 14 heavy (non-hydrogen) atoms. The van der Waals surface area contributed by atoms with E-state index in [9.17, 15) is 4.39 Å². The Morgan fingerprint density at radius 1 is 1.21 bits per heavy atom. The van der Waals surface area contributed by atoms with Gasteiger partial charge in [-0.1, -0.05) is 18.6 Å². The minimum Gasteiger partial charge on any atom is -0.316 e. The zero-order valence-corrected chi connectivity index (χ0v) is 8.46. The summed E-state index contributed by atoms with van der Waals surface area (Å²) >= 11 is 0. The summed E-state index contributed by atoms with van der Waals surface area (Å²) in [6, 6.07) is 7.51. The molecule has 2 heteroatoms. The van der Waals surface area contributed by atoms with Gasteiger partial charge < -0.3 is 5.32 Å². The van der Waals surface area contributed by atoms with E-state index < -0.39 is 0 Å². The van der Waals surface area contributed by atoms with Gasteiger partial charge in [0.2, 0.25) is 0 Å². The van der Waals surface area contributed by atoms with Crippen molar-refractivity contribution in [2.45, 2.75) is 31.2 Å². The minimum atomic E-state index is -0.146. The van der Waals surface area contributed by atoms with Crippen molar-refractivity contribution in [1.29, 1.82) is 0 Å². The smallest absolute Gasteiger partial charge is 0.123 e. The second kappa shape index (κ2) is 4.09. The molecule has 1 nitrogen and oxygen atoms in total. The fourth-order valence-corrected chi connectivity index (χ4v) is 2.41. The number of nitrogens with one attached hydrogen (secondary N) is 1. The molecule has 2 rings (SSSR count). The van der Waals surface area contributed by atoms with Gasteiger partial charge in [-0.2, -0.15) is 0 Å². The molecule has 0 spiro atoms. The van der Waals surface area contributed by atoms with E-state index in [1.807, 2.05) is 19.2 Å². The molecule has 0 amide bonds. The van der Waals surface area contributed by atoms with Crippen LogP contribution in [0.4, 0.5) is 4.39 Å². The zero-order chi connectivity index (χ0) is 9.97. The Labute approximate surface area is 84.3 Å². The van der Waals surface area contributed by atoms with Crippen LogP contribution in [0.25, 0.3) is 0 Å². The first-order valence-electron chi connectivity index (χ1n) is 5.24. The first-order chi connectivity index (χ1) is 6.81. The predicted octanol–water partition coefficient (Wildman–Crippen LogP) is 2.68. The summed E-state index contributed by atoms with van der Waals surface area (Å²) in [6.07, 6.45) is 3.73. The minimum absolute atomic E-state index is 0.146. The summed E-state index contributed by atoms with van der Waals surface area (Å²) in [5.41, 5.74) is 1.27. The molecule has 1 aromatic carbocycles. The molecular weight excluding hydrogens is 177 g/mol. The van der Waals surface area contributed by atoms with E-state index in [1.165, 1.54) is 24.8 Å². The van der Waals surface area contributed by atoms with Crippen molar-refractivity contribution in [3.8, 4) is 0 Å². The molecule has 1 fully saturated rings. The Balaban J connectivity index is 2.17. The third kappa shape index (κ3) is 1.80. The van der Waals surface area contributed by atoms with Gasteiger partial charge >= 0.3 is 0 Å². The molecule has 1 saturated carbocycles. The average molecular weight is 193 g/mol. The van der Waals surface area contributed by atoms with Crippen molar-refractivity contribution < 1.29 is 4.39 Å². The zero-order valence-electron chi connectivity index (χ0n) is 8.46. The molecule has 0 unspecified atom stereocenters. The highest BCUT2D eigenvalue weighted by atomic mass is 19.1. The molecule has 1 aromatic rings. The van der Waals surface area contributed by atoms with E-state index in [1.54, 1.807) is 12.1 Å². The Bertz CT molecular complexity index is 294. The van der Waals surface area contributed by atoms with E-state index in [-0.39, 0.29) is 5.82 Å². The number of likely N-dealkylation sites (N-methyl/N-ethyl adjacent to an activating group) is 1. The molecule has 1 aliphatic carbocycles. The van der Waals surface area contributed by atoms with E-state index in [0.717, 1.165) is 0 Å². The third-order valence-corrected chi connectivity index (χ3v) is 3.18. The van der Waals surface area contributed by atoms with E-state index in [4.69, 9.17) is 0 Å². The summed E-state index contributed by atoms with van der Waals surface area (Å²) in [7, 11) is 2.01. The summed E-state index contributed by atoms with van der Waals surface area (Å²) in [5, 5.41) is 3.33. The molecular formula is C12H16FN. The topological polar surface area (TPSA) is 12.0 Å². The average Bonchev–Trinajstić information content (AvgIpc) is 2.67. The first-order valence-corrected chi connectivity index (χ1v) is 5.24. The number of benzene rings is 1. The van der Waals surface area contributed by atoms with Crippen molar-refractivity contribution in [3.63, 3.8) is 0 Å². The maximum absolute atomic E-state index is 12.7. The van der Waals surface area contributed by atoms with Crippen LogP contribution in [0.2, 0.25) is 0 Å². The van der Waals surface area contributed by atoms with Crippen molar-refractivity contribution in [3.05, 3.63) is 35.6 Å². The van der Waals surface area contributed by atoms with Crippen LogP contribution in [-0.2, 0) is 0 Å². The monoisotopic (exact) mass is 193 g/mol. The molecule has 0 bridgehead atoms. The second-order valence-corrected chi connectivity index (χ2v) is 3.98. The van der Waals surface area contributed by atoms with Gasteiger partial charge in [0.15, 0.2) is 0 Å². The summed E-state index contributed by atoms with van der Waals surface area (Å²) in [5.74, 6) is 0.424. The summed E-state index contributed by atoms with van der Waals surface area (Å²) in [6.45, 7) is 0. The van der Waals surface area contributed by atoms with Crippen LogP contribution in [0, 0.1) is 5.82 Å². The van der Waals surface area contributed by atoms with Gasteiger partial charge in [0.25, 0.3) is 0 Å². The van der Waals surface area contributed by atoms with Crippen molar-refractivity contribution in [2.24, 2.45) is 0 Å². The highest BCUT2D eigenvalue weighted by molar-refractivity contribution is 5.23. The lowest BCUT2D eigenvalue weighted by molar-refractivity contribution is 0.521. The Morgan fingerprint density at radius 2 is 1.93 bits per heavy atom. The molecule has 0 saturated heterocycles. The second-order valence-electron chi connectivity index (χ2n) is 3.98. The van der Waals surface area contributed by atoms with Crippen LogP contribution in [0.1, 0.15) is 30.7 Å². The Morgan fingerprint density at radius 3 is 2.57 bits per heavy atom. The van der Waals surface area contributed by atoms with Crippen molar-refractivity contribution >= 4 is 0 Å². The van der Waals surface area contributed by atoms with Crippen LogP contribution in [0.15, 0.2) is 24.3 Å². The quantitative estimate of drug-likeness (QED) is 0.761. The highest BCUT2D eigenvalue weighted by Gasteiger charge is 2.26. The van der Waals surface area contributed by atoms with Gasteiger partial charge in [-0.25, -0.2) is 4.39 Å². The molecule has 1 N–H and O–H groups in total. The third-order valence-electron chi connectivity index (χ3n) is 3.18. The number of rotatable bonds is 2. The summed E-state index contributed by atoms with van der Waals surface area (Å²) in [4.78, 5) is 0. The van der Waals surface area contributed by atoms with Gasteiger partial charge in [0.05, 0.1) is 0 Å². The Kier molecular flexibility index (Phi) is 2.82. The van der Waals surface area contributed by atoms with Crippen molar-refractivity contribution in [1.82, 2.24) is 5.32 Å². The normalized spacial score (nSPS) is 26.7. The van der Waals surface area contributed by atoms with Crippen LogP contribution in [0.5, 0.6) is 0 Å². The van der Waals surface area contributed by atoms with Gasteiger partial charge in [0.1, 0.15) is 5.82 Å². The van der Waals surface area contributed by atoms with E-state index >= 15 is 0 Å². The fourth-order valence-electron chi connectivity index (χ4n) is 2.41.